The Morgan fingerprint density at radius 2 is 1.68 bits per heavy atom. The summed E-state index contributed by atoms with van der Waals surface area (Å²) in [4.78, 5) is 23.0. The molecule has 0 aliphatic rings. The predicted molar refractivity (Wildman–Crippen MR) is 107 cm³/mol. The van der Waals surface area contributed by atoms with Gasteiger partial charge in [-0.2, -0.15) is 0 Å². The maximum Gasteiger partial charge on any atom is 0.418 e. The highest BCUT2D eigenvalue weighted by Gasteiger charge is 2.22. The normalized spacial score (nSPS) is 11.8. The first kappa shape index (κ1) is 23.7. The van der Waals surface area contributed by atoms with Crippen molar-refractivity contribution in [3.63, 3.8) is 0 Å². The van der Waals surface area contributed by atoms with Crippen LogP contribution in [0.2, 0.25) is 0 Å². The lowest BCUT2D eigenvalue weighted by Crippen LogP contribution is -2.29. The topological polar surface area (TPSA) is 75.6 Å². The fraction of sp³-hybridized carbons (Fsp3) is 0.556. The molecule has 5 nitrogen and oxygen atoms in total. The van der Waals surface area contributed by atoms with Gasteiger partial charge in [0.2, 0.25) is 0 Å². The summed E-state index contributed by atoms with van der Waals surface area (Å²) in [5.74, 6) is 0. The molecule has 1 amide bonds. The summed E-state index contributed by atoms with van der Waals surface area (Å²) in [6, 6.07) is 7.97. The number of benzene rings is 1. The third-order valence-corrected chi connectivity index (χ3v) is 6.09. The van der Waals surface area contributed by atoms with E-state index in [0.29, 0.717) is 6.16 Å². The molecule has 1 aromatic carbocycles. The fourth-order valence-electron chi connectivity index (χ4n) is 1.80. The Labute approximate surface area is 156 Å². The number of amides is 1. The number of aryl methyl sites for hydroxylation is 1. The van der Waals surface area contributed by atoms with Gasteiger partial charge in [-0.25, -0.2) is 9.59 Å². The van der Waals surface area contributed by atoms with Crippen molar-refractivity contribution in [1.82, 2.24) is 4.72 Å². The van der Waals surface area contributed by atoms with Gasteiger partial charge in [0.25, 0.3) is 0 Å². The van der Waals surface area contributed by atoms with Crippen molar-refractivity contribution in [2.75, 3.05) is 0 Å². The Hall–Kier alpha value is -1.26. The number of rotatable bonds is 7. The maximum atomic E-state index is 11.6. The zero-order chi connectivity index (χ0) is 19.5. The van der Waals surface area contributed by atoms with Gasteiger partial charge in [0.15, 0.2) is 0 Å². The molecule has 0 aliphatic carbocycles. The zero-order valence-electron chi connectivity index (χ0n) is 16.0. The molecule has 2 N–H and O–H groups in total. The van der Waals surface area contributed by atoms with Crippen LogP contribution in [0.15, 0.2) is 24.3 Å². The van der Waals surface area contributed by atoms with Gasteiger partial charge < -0.3 is 9.84 Å². The number of hydrogen-bond acceptors (Lipinski definition) is 4. The Balaban J connectivity index is 0.00000277. The van der Waals surface area contributed by atoms with Crippen molar-refractivity contribution in [2.45, 2.75) is 66.1 Å². The summed E-state index contributed by atoms with van der Waals surface area (Å²) in [5.41, 5.74) is 0.692. The molecular formula is C18H30NO4PS. The second-order valence-electron chi connectivity index (χ2n) is 6.08. The molecule has 142 valence electrons. The van der Waals surface area contributed by atoms with Crippen LogP contribution in [0.5, 0.6) is 0 Å². The number of carbonyl (C=O) groups excluding carboxylic acids is 1. The van der Waals surface area contributed by atoms with Gasteiger partial charge in [-0.1, -0.05) is 51.5 Å². The van der Waals surface area contributed by atoms with Gasteiger partial charge in [0.05, 0.1) is 7.12 Å². The molecule has 0 saturated heterocycles. The highest BCUT2D eigenvalue weighted by molar-refractivity contribution is 8.59. The average molecular weight is 387 g/mol. The van der Waals surface area contributed by atoms with Crippen molar-refractivity contribution in [1.29, 1.82) is 0 Å². The van der Waals surface area contributed by atoms with Crippen LogP contribution < -0.4 is 4.72 Å². The Morgan fingerprint density at radius 1 is 1.16 bits per heavy atom. The number of ether oxygens (including phenoxy) is 1. The Bertz CT molecular complexity index is 529. The number of nitrogens with one attached hydrogen (secondary N) is 1. The smallest absolute Gasteiger partial charge is 0.418 e. The molecule has 1 atom stereocenters. The molecule has 0 aromatic heterocycles. The minimum absolute atomic E-state index is 0.400. The minimum atomic E-state index is -1.47. The summed E-state index contributed by atoms with van der Waals surface area (Å²) in [6.45, 7) is 11.4. The molecule has 1 rings (SSSR count). The van der Waals surface area contributed by atoms with Crippen LogP contribution in [0, 0.1) is 0 Å². The number of carbonyl (C=O) groups is 2. The number of carboxylic acid groups (broad SMARTS) is 1. The molecular weight excluding hydrogens is 357 g/mol. The summed E-state index contributed by atoms with van der Waals surface area (Å²) >= 11 is 0.928. The quantitative estimate of drug-likeness (QED) is 0.417. The fourth-order valence-corrected chi connectivity index (χ4v) is 4.27. The summed E-state index contributed by atoms with van der Waals surface area (Å²) in [6.07, 6.45) is 1.88. The van der Waals surface area contributed by atoms with Crippen LogP contribution >= 0.6 is 18.7 Å². The van der Waals surface area contributed by atoms with Crippen LogP contribution in [0.25, 0.3) is 0 Å². The van der Waals surface area contributed by atoms with Crippen LogP contribution in [0.3, 0.4) is 0 Å². The van der Waals surface area contributed by atoms with Gasteiger partial charge in [-0.15, -0.1) is 0 Å². The first-order valence-electron chi connectivity index (χ1n) is 8.45. The predicted octanol–water partition coefficient (Wildman–Crippen LogP) is 6.41. The number of hydrogen-bond donors (Lipinski definition) is 2. The summed E-state index contributed by atoms with van der Waals surface area (Å²) < 4.78 is 7.58. The van der Waals surface area contributed by atoms with Crippen LogP contribution in [0.4, 0.5) is 9.59 Å². The van der Waals surface area contributed by atoms with Gasteiger partial charge >= 0.3 is 11.8 Å². The van der Waals surface area contributed by atoms with E-state index in [1.165, 1.54) is 5.56 Å². The molecule has 0 saturated carbocycles. The third kappa shape index (κ3) is 11.1. The molecule has 0 aliphatic heterocycles. The van der Waals surface area contributed by atoms with Crippen molar-refractivity contribution in [2.24, 2.45) is 0 Å². The highest BCUT2D eigenvalue weighted by atomic mass is 32.7. The summed E-state index contributed by atoms with van der Waals surface area (Å²) in [5, 5.41) is 9.33. The van der Waals surface area contributed by atoms with Crippen LogP contribution in [-0.2, 0) is 17.3 Å². The monoisotopic (exact) mass is 387 g/mol. The second kappa shape index (κ2) is 12.2. The van der Waals surface area contributed by atoms with Crippen molar-refractivity contribution in [3.05, 3.63) is 35.4 Å². The largest absolute Gasteiger partial charge is 0.477 e. The van der Waals surface area contributed by atoms with Crippen LogP contribution in [0.1, 0.15) is 59.1 Å². The van der Waals surface area contributed by atoms with E-state index in [2.05, 4.69) is 11.6 Å². The van der Waals surface area contributed by atoms with E-state index in [9.17, 15) is 14.7 Å². The van der Waals surface area contributed by atoms with E-state index in [1.54, 1.807) is 20.8 Å². The zero-order valence-corrected chi connectivity index (χ0v) is 17.7. The Kier molecular flexibility index (Phi) is 11.5. The van der Waals surface area contributed by atoms with E-state index in [0.717, 1.165) is 30.0 Å². The molecule has 1 unspecified atom stereocenters. The summed E-state index contributed by atoms with van der Waals surface area (Å²) in [7, 11) is -1.47. The molecule has 0 bridgehead atoms. The molecule has 7 heteroatoms. The van der Waals surface area contributed by atoms with Gasteiger partial charge in [0.1, 0.15) is 5.60 Å². The van der Waals surface area contributed by atoms with Crippen molar-refractivity contribution < 1.29 is 19.4 Å². The average Bonchev–Trinajstić information content (AvgIpc) is 2.53. The van der Waals surface area contributed by atoms with Crippen molar-refractivity contribution >= 4 is 30.5 Å². The Morgan fingerprint density at radius 3 is 2.12 bits per heavy atom. The first-order chi connectivity index (χ1) is 11.7. The van der Waals surface area contributed by atoms with Gasteiger partial charge in [-0.05, 0) is 49.9 Å². The minimum Gasteiger partial charge on any atom is -0.477 e. The van der Waals surface area contributed by atoms with Gasteiger partial charge in [0, 0.05) is 6.16 Å². The van der Waals surface area contributed by atoms with Gasteiger partial charge in [-0.3, -0.25) is 4.72 Å². The van der Waals surface area contributed by atoms with E-state index in [1.807, 2.05) is 38.1 Å². The molecule has 1 aromatic rings. The van der Waals surface area contributed by atoms with Crippen LogP contribution in [-0.4, -0.2) is 22.5 Å². The first-order valence-corrected chi connectivity index (χ1v) is 11.4. The van der Waals surface area contributed by atoms with Crippen molar-refractivity contribution in [3.8, 4) is 0 Å². The SMILES string of the molecule is CC.CCCc1ccc(CP(SNC(=O)OC(C)(C)C)C(=O)O)cc1. The molecule has 0 heterocycles. The van der Waals surface area contributed by atoms with E-state index < -0.39 is 24.5 Å². The lowest BCUT2D eigenvalue weighted by molar-refractivity contribution is 0.0575. The lowest BCUT2D eigenvalue weighted by atomic mass is 10.1. The lowest BCUT2D eigenvalue weighted by Gasteiger charge is -2.20. The maximum absolute atomic E-state index is 11.6. The molecule has 0 spiro atoms. The van der Waals surface area contributed by atoms with E-state index in [-0.39, 0.29) is 0 Å². The molecule has 25 heavy (non-hydrogen) atoms. The van der Waals surface area contributed by atoms with E-state index in [4.69, 9.17) is 4.74 Å². The van der Waals surface area contributed by atoms with E-state index >= 15 is 0 Å². The third-order valence-electron chi connectivity index (χ3n) is 2.74. The second-order valence-corrected chi connectivity index (χ2v) is 9.79. The molecule has 0 radical (unpaired) electrons. The molecule has 0 fully saturated rings. The highest BCUT2D eigenvalue weighted by Crippen LogP contribution is 2.51. The standard InChI is InChI=1S/C16H24NO4PS.C2H6/c1-5-6-12-7-9-13(10-8-12)11-22(15(19)20)23-17-14(18)21-16(2,3)4;1-2/h7-10H,5-6,11H2,1-4H3,(H,17,18)(H,19,20);1-2H3.